The molecule has 4 rings (SSSR count). The molecular weight excluding hydrogens is 357 g/mol. The van der Waals surface area contributed by atoms with Gasteiger partial charge in [0.05, 0.1) is 31.7 Å². The molecule has 1 N–H and O–H groups in total. The number of aryl methyl sites for hydroxylation is 1. The van der Waals surface area contributed by atoms with E-state index in [1.807, 2.05) is 25.1 Å². The maximum absolute atomic E-state index is 12.9. The zero-order valence-corrected chi connectivity index (χ0v) is 14.4. The highest BCUT2D eigenvalue weighted by molar-refractivity contribution is 7.22. The average molecular weight is 368 g/mol. The van der Waals surface area contributed by atoms with Crippen LogP contribution in [0.3, 0.4) is 0 Å². The first-order valence-corrected chi connectivity index (χ1v) is 8.97. The molecule has 0 bridgehead atoms. The second kappa shape index (κ2) is 5.51. The fraction of sp³-hybridized carbons (Fsp3) is 0.267. The maximum Gasteiger partial charge on any atom is 0.232 e. The number of anilines is 1. The number of hydrogen-bond donors (Lipinski definition) is 1. The molecule has 0 saturated heterocycles. The van der Waals surface area contributed by atoms with Crippen LogP contribution in [0, 0.1) is 12.8 Å². The zero-order chi connectivity index (χ0) is 16.1. The molecule has 0 radical (unpaired) electrons. The van der Waals surface area contributed by atoms with E-state index in [-0.39, 0.29) is 5.91 Å². The summed E-state index contributed by atoms with van der Waals surface area (Å²) in [6.07, 6.45) is -0.697. The van der Waals surface area contributed by atoms with Gasteiger partial charge < -0.3 is 5.32 Å². The molecule has 2 atom stereocenters. The zero-order valence-electron chi connectivity index (χ0n) is 12.0. The molecule has 4 nitrogen and oxygen atoms in total. The lowest BCUT2D eigenvalue weighted by Crippen LogP contribution is -2.14. The quantitative estimate of drug-likeness (QED) is 0.731. The molecule has 2 aromatic heterocycles. The fourth-order valence-corrected chi connectivity index (χ4v) is 4.28. The topological polar surface area (TPSA) is 54.9 Å². The maximum atomic E-state index is 12.9. The van der Waals surface area contributed by atoms with Crippen LogP contribution in [0.1, 0.15) is 12.1 Å². The largest absolute Gasteiger partial charge is 0.302 e. The van der Waals surface area contributed by atoms with Crippen LogP contribution in [-0.4, -0.2) is 21.4 Å². The van der Waals surface area contributed by atoms with Crippen molar-refractivity contribution in [3.8, 4) is 10.4 Å². The number of thiazole rings is 1. The van der Waals surface area contributed by atoms with Gasteiger partial charge in [0.15, 0.2) is 5.13 Å². The summed E-state index contributed by atoms with van der Waals surface area (Å²) in [5.41, 5.74) is 2.58. The Morgan fingerprint density at radius 1 is 1.48 bits per heavy atom. The number of hydrogen-bond acceptors (Lipinski definition) is 5. The number of halogens is 2. The van der Waals surface area contributed by atoms with E-state index in [2.05, 4.69) is 14.7 Å². The second-order valence-corrected chi connectivity index (χ2v) is 7.64. The minimum atomic E-state index is -1.01. The van der Waals surface area contributed by atoms with Crippen LogP contribution >= 0.6 is 34.5 Å². The lowest BCUT2D eigenvalue weighted by molar-refractivity contribution is -0.117. The van der Waals surface area contributed by atoms with Gasteiger partial charge in [0, 0.05) is 0 Å². The lowest BCUT2D eigenvalue weighted by atomic mass is 10.2. The Bertz CT molecular complexity index is 923. The van der Waals surface area contributed by atoms with Gasteiger partial charge in [0.25, 0.3) is 0 Å². The number of nitrogens with zero attached hydrogens (tertiary/aromatic N) is 2. The van der Waals surface area contributed by atoms with E-state index in [0.717, 1.165) is 26.4 Å². The Morgan fingerprint density at radius 3 is 2.91 bits per heavy atom. The van der Waals surface area contributed by atoms with Crippen molar-refractivity contribution < 1.29 is 9.18 Å². The summed E-state index contributed by atoms with van der Waals surface area (Å²) in [5.74, 6) is -0.811. The Balaban J connectivity index is 1.64. The van der Waals surface area contributed by atoms with E-state index >= 15 is 0 Å². The lowest BCUT2D eigenvalue weighted by Gasteiger charge is -1.97. The van der Waals surface area contributed by atoms with Crippen LogP contribution < -0.4 is 5.32 Å². The average Bonchev–Trinajstić information content (AvgIpc) is 2.98. The predicted octanol–water partition coefficient (Wildman–Crippen LogP) is 4.68. The summed E-state index contributed by atoms with van der Waals surface area (Å²) in [4.78, 5) is 17.1. The van der Waals surface area contributed by atoms with Gasteiger partial charge in [-0.15, -0.1) is 0 Å². The van der Waals surface area contributed by atoms with E-state index in [1.165, 1.54) is 22.9 Å². The highest BCUT2D eigenvalue weighted by Crippen LogP contribution is 2.38. The Hall–Kier alpha value is -1.57. The molecule has 1 amide bonds. The van der Waals surface area contributed by atoms with Crippen molar-refractivity contribution in [1.82, 2.24) is 9.36 Å². The van der Waals surface area contributed by atoms with E-state index in [4.69, 9.17) is 11.6 Å². The summed E-state index contributed by atoms with van der Waals surface area (Å²) < 4.78 is 18.1. The van der Waals surface area contributed by atoms with Crippen LogP contribution in [0.25, 0.3) is 20.7 Å². The van der Waals surface area contributed by atoms with Crippen molar-refractivity contribution in [2.45, 2.75) is 19.5 Å². The molecule has 1 aliphatic rings. The smallest absolute Gasteiger partial charge is 0.232 e. The van der Waals surface area contributed by atoms with Crippen molar-refractivity contribution in [3.05, 3.63) is 28.9 Å². The third-order valence-corrected chi connectivity index (χ3v) is 6.22. The third kappa shape index (κ3) is 2.73. The number of carbonyl (C=O) groups excluding carboxylic acids is 1. The van der Waals surface area contributed by atoms with Crippen LogP contribution in [0.15, 0.2) is 18.2 Å². The van der Waals surface area contributed by atoms with Gasteiger partial charge in [-0.25, -0.2) is 9.37 Å². The summed E-state index contributed by atoms with van der Waals surface area (Å²) in [6, 6.07) is 5.80. The SMILES string of the molecule is Cc1nsc(-c2ccc3nc(NC(=O)C4CC4F)sc3c2)c1Cl. The number of fused-ring (bicyclic) bond motifs is 1. The van der Waals surface area contributed by atoms with Gasteiger partial charge in [-0.3, -0.25) is 4.79 Å². The molecule has 1 aliphatic carbocycles. The number of alkyl halides is 1. The van der Waals surface area contributed by atoms with E-state index in [1.54, 1.807) is 0 Å². The molecule has 1 saturated carbocycles. The molecule has 23 heavy (non-hydrogen) atoms. The number of rotatable bonds is 3. The first kappa shape index (κ1) is 15.0. The standard InChI is InChI=1S/C15H11ClFN3OS2/c1-6-12(16)13(23-20-6)7-2-3-10-11(4-7)22-15(18-10)19-14(21)8-5-9(8)17/h2-4,8-9H,5H2,1H3,(H,18,19,21). The molecule has 0 aliphatic heterocycles. The van der Waals surface area contributed by atoms with Crippen molar-refractivity contribution in [3.63, 3.8) is 0 Å². The molecular formula is C15H11ClFN3OS2. The number of aromatic nitrogens is 2. The molecule has 2 heterocycles. The predicted molar refractivity (Wildman–Crippen MR) is 92.1 cm³/mol. The van der Waals surface area contributed by atoms with Gasteiger partial charge in [-0.05, 0) is 42.6 Å². The van der Waals surface area contributed by atoms with Gasteiger partial charge in [0.2, 0.25) is 5.91 Å². The van der Waals surface area contributed by atoms with E-state index < -0.39 is 12.1 Å². The number of amides is 1. The minimum absolute atomic E-state index is 0.294. The van der Waals surface area contributed by atoms with Crippen molar-refractivity contribution in [2.24, 2.45) is 5.92 Å². The summed E-state index contributed by atoms with van der Waals surface area (Å²) in [6.45, 7) is 1.87. The van der Waals surface area contributed by atoms with Crippen molar-refractivity contribution in [1.29, 1.82) is 0 Å². The monoisotopic (exact) mass is 367 g/mol. The van der Waals surface area contributed by atoms with E-state index in [0.29, 0.717) is 16.6 Å². The van der Waals surface area contributed by atoms with Crippen LogP contribution in [-0.2, 0) is 4.79 Å². The summed E-state index contributed by atoms with van der Waals surface area (Å²) in [5, 5.41) is 3.85. The molecule has 3 aromatic rings. The molecule has 8 heteroatoms. The first-order valence-electron chi connectivity index (χ1n) is 7.00. The molecule has 118 valence electrons. The van der Waals surface area contributed by atoms with Gasteiger partial charge in [-0.1, -0.05) is 29.0 Å². The van der Waals surface area contributed by atoms with Gasteiger partial charge in [0.1, 0.15) is 6.17 Å². The number of nitrogens with one attached hydrogen (secondary N) is 1. The van der Waals surface area contributed by atoms with Gasteiger partial charge in [-0.2, -0.15) is 4.37 Å². The van der Waals surface area contributed by atoms with Crippen molar-refractivity contribution >= 4 is 55.7 Å². The number of carbonyl (C=O) groups is 1. The summed E-state index contributed by atoms with van der Waals surface area (Å²) in [7, 11) is 0. The highest BCUT2D eigenvalue weighted by Gasteiger charge is 2.43. The molecule has 1 aromatic carbocycles. The van der Waals surface area contributed by atoms with Crippen LogP contribution in [0.4, 0.5) is 9.52 Å². The van der Waals surface area contributed by atoms with Crippen molar-refractivity contribution in [2.75, 3.05) is 5.32 Å². The number of benzene rings is 1. The molecule has 2 unspecified atom stereocenters. The van der Waals surface area contributed by atoms with Crippen LogP contribution in [0.5, 0.6) is 0 Å². The Morgan fingerprint density at radius 2 is 2.26 bits per heavy atom. The molecule has 1 fully saturated rings. The highest BCUT2D eigenvalue weighted by atomic mass is 35.5. The third-order valence-electron chi connectivity index (χ3n) is 3.72. The Labute approximate surface area is 144 Å². The van der Waals surface area contributed by atoms with Gasteiger partial charge >= 0.3 is 0 Å². The Kier molecular flexibility index (Phi) is 3.59. The fourth-order valence-electron chi connectivity index (χ4n) is 2.29. The first-order chi connectivity index (χ1) is 11.0. The minimum Gasteiger partial charge on any atom is -0.302 e. The summed E-state index contributed by atoms with van der Waals surface area (Å²) >= 11 is 8.99. The normalized spacial score (nSPS) is 20.0. The second-order valence-electron chi connectivity index (χ2n) is 5.46. The van der Waals surface area contributed by atoms with E-state index in [9.17, 15) is 9.18 Å². The van der Waals surface area contributed by atoms with Crippen LogP contribution in [0.2, 0.25) is 5.02 Å². The molecule has 0 spiro atoms.